The third-order valence-corrected chi connectivity index (χ3v) is 5.33. The molecule has 6 heteroatoms. The van der Waals surface area contributed by atoms with Crippen LogP contribution in [-0.4, -0.2) is 16.8 Å². The first-order chi connectivity index (χ1) is 13.8. The molecule has 0 bridgehead atoms. The Balaban J connectivity index is 1.50. The van der Waals surface area contributed by atoms with Crippen LogP contribution in [0.1, 0.15) is 29.0 Å². The standard InChI is InChI=1S/C23H19ClF2N2O/c1-14-6-7-27-13-21(14)28-22(29)10-15-8-18(11-19(24)9-15)16-2-4-17(5-3-16)20-12-23(20,25)26/h2-9,11,13,20H,10,12H2,1H3,(H,28,29). The monoisotopic (exact) mass is 412 g/mol. The number of nitrogens with one attached hydrogen (secondary N) is 1. The lowest BCUT2D eigenvalue weighted by Gasteiger charge is -2.10. The molecule has 4 rings (SSSR count). The summed E-state index contributed by atoms with van der Waals surface area (Å²) in [6.07, 6.45) is 3.36. The van der Waals surface area contributed by atoms with Gasteiger partial charge < -0.3 is 5.32 Å². The van der Waals surface area contributed by atoms with Crippen molar-refractivity contribution in [2.24, 2.45) is 0 Å². The summed E-state index contributed by atoms with van der Waals surface area (Å²) in [6, 6.07) is 14.4. The third kappa shape index (κ3) is 4.46. The van der Waals surface area contributed by atoms with Gasteiger partial charge in [0.1, 0.15) is 0 Å². The van der Waals surface area contributed by atoms with Crippen molar-refractivity contribution >= 4 is 23.2 Å². The van der Waals surface area contributed by atoms with Gasteiger partial charge in [0.2, 0.25) is 5.91 Å². The van der Waals surface area contributed by atoms with E-state index in [-0.39, 0.29) is 18.7 Å². The summed E-state index contributed by atoms with van der Waals surface area (Å²) in [5, 5.41) is 3.37. The zero-order valence-electron chi connectivity index (χ0n) is 15.8. The van der Waals surface area contributed by atoms with Gasteiger partial charge in [-0.15, -0.1) is 0 Å². The minimum absolute atomic E-state index is 0.0841. The van der Waals surface area contributed by atoms with E-state index in [2.05, 4.69) is 10.3 Å². The Morgan fingerprint density at radius 3 is 2.55 bits per heavy atom. The van der Waals surface area contributed by atoms with Gasteiger partial charge in [0.05, 0.1) is 24.2 Å². The van der Waals surface area contributed by atoms with E-state index < -0.39 is 11.8 Å². The van der Waals surface area contributed by atoms with Crippen LogP contribution < -0.4 is 5.32 Å². The molecule has 1 aliphatic rings. The maximum absolute atomic E-state index is 13.3. The van der Waals surface area contributed by atoms with Gasteiger partial charge in [-0.2, -0.15) is 0 Å². The van der Waals surface area contributed by atoms with E-state index in [1.165, 1.54) is 0 Å². The van der Waals surface area contributed by atoms with Gasteiger partial charge in [0.25, 0.3) is 5.92 Å². The van der Waals surface area contributed by atoms with Crippen LogP contribution in [0.15, 0.2) is 60.9 Å². The first-order valence-electron chi connectivity index (χ1n) is 9.30. The number of hydrogen-bond acceptors (Lipinski definition) is 2. The molecule has 0 aliphatic heterocycles. The van der Waals surface area contributed by atoms with Crippen molar-refractivity contribution in [1.29, 1.82) is 0 Å². The molecule has 1 atom stereocenters. The first-order valence-corrected chi connectivity index (χ1v) is 9.68. The number of hydrogen-bond donors (Lipinski definition) is 1. The second-order valence-corrected chi connectivity index (χ2v) is 7.84. The fraction of sp³-hybridized carbons (Fsp3) is 0.217. The van der Waals surface area contributed by atoms with Crippen molar-refractivity contribution in [2.45, 2.75) is 31.6 Å². The van der Waals surface area contributed by atoms with Gasteiger partial charge >= 0.3 is 0 Å². The zero-order chi connectivity index (χ0) is 20.6. The number of halogens is 3. The predicted molar refractivity (Wildman–Crippen MR) is 111 cm³/mol. The number of pyridine rings is 1. The van der Waals surface area contributed by atoms with E-state index in [1.54, 1.807) is 36.7 Å². The van der Waals surface area contributed by atoms with Crippen molar-refractivity contribution in [3.63, 3.8) is 0 Å². The molecule has 148 valence electrons. The van der Waals surface area contributed by atoms with Crippen LogP contribution >= 0.6 is 11.6 Å². The quantitative estimate of drug-likeness (QED) is 0.557. The summed E-state index contributed by atoms with van der Waals surface area (Å²) in [7, 11) is 0. The van der Waals surface area contributed by atoms with Crippen LogP contribution in [0.2, 0.25) is 5.02 Å². The number of amides is 1. The average Bonchev–Trinajstić information content (AvgIpc) is 3.31. The van der Waals surface area contributed by atoms with E-state index in [0.29, 0.717) is 16.3 Å². The first kappa shape index (κ1) is 19.5. The molecule has 1 N–H and O–H groups in total. The Kier molecular flexibility index (Phi) is 5.09. The van der Waals surface area contributed by atoms with Gasteiger partial charge in [0, 0.05) is 17.6 Å². The highest BCUT2D eigenvalue weighted by Gasteiger charge is 2.57. The number of rotatable bonds is 5. The van der Waals surface area contributed by atoms with Crippen LogP contribution in [0.25, 0.3) is 11.1 Å². The number of aryl methyl sites for hydroxylation is 1. The molecule has 0 radical (unpaired) electrons. The van der Waals surface area contributed by atoms with E-state index in [1.807, 2.05) is 31.2 Å². The Labute approximate surface area is 172 Å². The largest absolute Gasteiger partial charge is 0.324 e. The number of benzene rings is 2. The normalized spacial score (nSPS) is 17.0. The second kappa shape index (κ2) is 7.56. The highest BCUT2D eigenvalue weighted by atomic mass is 35.5. The van der Waals surface area contributed by atoms with Crippen LogP contribution in [0.4, 0.5) is 14.5 Å². The number of aromatic nitrogens is 1. The molecule has 1 aliphatic carbocycles. The highest BCUT2D eigenvalue weighted by molar-refractivity contribution is 6.31. The van der Waals surface area contributed by atoms with Crippen molar-refractivity contribution in [2.75, 3.05) is 5.32 Å². The fourth-order valence-corrected chi connectivity index (χ4v) is 3.63. The minimum Gasteiger partial charge on any atom is -0.324 e. The molecule has 0 spiro atoms. The number of alkyl halides is 2. The molecule has 1 heterocycles. The lowest BCUT2D eigenvalue weighted by Crippen LogP contribution is -2.15. The van der Waals surface area contributed by atoms with Gasteiger partial charge in [-0.05, 0) is 52.9 Å². The Morgan fingerprint density at radius 2 is 1.90 bits per heavy atom. The number of anilines is 1. The third-order valence-electron chi connectivity index (χ3n) is 5.11. The molecule has 3 nitrogen and oxygen atoms in total. The molecular weight excluding hydrogens is 394 g/mol. The van der Waals surface area contributed by atoms with Gasteiger partial charge in [-0.25, -0.2) is 8.78 Å². The molecule has 1 unspecified atom stereocenters. The SMILES string of the molecule is Cc1ccncc1NC(=O)Cc1cc(Cl)cc(-c2ccc(C3CC3(F)F)cc2)c1. The molecule has 1 fully saturated rings. The highest BCUT2D eigenvalue weighted by Crippen LogP contribution is 2.55. The molecule has 1 amide bonds. The topological polar surface area (TPSA) is 42.0 Å². The maximum Gasteiger partial charge on any atom is 0.255 e. The molecule has 1 aromatic heterocycles. The number of nitrogens with zero attached hydrogens (tertiary/aromatic N) is 1. The van der Waals surface area contributed by atoms with E-state index >= 15 is 0 Å². The van der Waals surface area contributed by atoms with E-state index in [0.717, 1.165) is 22.3 Å². The average molecular weight is 413 g/mol. The maximum atomic E-state index is 13.3. The summed E-state index contributed by atoms with van der Waals surface area (Å²) in [4.78, 5) is 16.5. The summed E-state index contributed by atoms with van der Waals surface area (Å²) in [6.45, 7) is 1.90. The zero-order valence-corrected chi connectivity index (χ0v) is 16.5. The molecule has 29 heavy (non-hydrogen) atoms. The molecule has 1 saturated carbocycles. The summed E-state index contributed by atoms with van der Waals surface area (Å²) in [5.74, 6) is -3.42. The van der Waals surface area contributed by atoms with E-state index in [9.17, 15) is 13.6 Å². The molecule has 3 aromatic rings. The fourth-order valence-electron chi connectivity index (χ4n) is 3.38. The lowest BCUT2D eigenvalue weighted by molar-refractivity contribution is -0.115. The van der Waals surface area contributed by atoms with Crippen molar-refractivity contribution in [1.82, 2.24) is 4.98 Å². The Morgan fingerprint density at radius 1 is 1.17 bits per heavy atom. The van der Waals surface area contributed by atoms with Crippen LogP contribution in [0.5, 0.6) is 0 Å². The van der Waals surface area contributed by atoms with Crippen LogP contribution in [0, 0.1) is 6.92 Å². The predicted octanol–water partition coefficient (Wildman–Crippen LogP) is 6.01. The smallest absolute Gasteiger partial charge is 0.255 e. The van der Waals surface area contributed by atoms with Crippen LogP contribution in [0.3, 0.4) is 0 Å². The Bertz CT molecular complexity index is 1070. The van der Waals surface area contributed by atoms with Crippen LogP contribution in [-0.2, 0) is 11.2 Å². The lowest BCUT2D eigenvalue weighted by atomic mass is 9.99. The summed E-state index contributed by atoms with van der Waals surface area (Å²) in [5.41, 5.74) is 4.72. The van der Waals surface area contributed by atoms with Gasteiger partial charge in [-0.3, -0.25) is 9.78 Å². The summed E-state index contributed by atoms with van der Waals surface area (Å²) < 4.78 is 26.5. The second-order valence-electron chi connectivity index (χ2n) is 7.40. The molecule has 0 saturated heterocycles. The van der Waals surface area contributed by atoms with Gasteiger partial charge in [-0.1, -0.05) is 41.9 Å². The van der Waals surface area contributed by atoms with Crippen molar-refractivity contribution in [3.05, 3.63) is 82.6 Å². The number of carbonyl (C=O) groups excluding carboxylic acids is 1. The van der Waals surface area contributed by atoms with Crippen molar-refractivity contribution in [3.8, 4) is 11.1 Å². The van der Waals surface area contributed by atoms with Gasteiger partial charge in [0.15, 0.2) is 0 Å². The number of carbonyl (C=O) groups is 1. The van der Waals surface area contributed by atoms with Crippen molar-refractivity contribution < 1.29 is 13.6 Å². The Hall–Kier alpha value is -2.79. The summed E-state index contributed by atoms with van der Waals surface area (Å²) >= 11 is 6.26. The molecular formula is C23H19ClF2N2O. The molecule has 2 aromatic carbocycles. The minimum atomic E-state index is -2.58. The van der Waals surface area contributed by atoms with E-state index in [4.69, 9.17) is 11.6 Å².